The molecule has 0 radical (unpaired) electrons. The van der Waals surface area contributed by atoms with Gasteiger partial charge in [-0.2, -0.15) is 10.2 Å². The molecule has 0 aliphatic carbocycles. The van der Waals surface area contributed by atoms with Gasteiger partial charge in [-0.05, 0) is 75.2 Å². The number of anilines is 1. The summed E-state index contributed by atoms with van der Waals surface area (Å²) in [4.78, 5) is 84.0. The third-order valence-electron chi connectivity index (χ3n) is 17.1. The number of fused-ring (bicyclic) bond motifs is 5. The zero-order valence-electron chi connectivity index (χ0n) is 69.6. The Kier molecular flexibility index (Phi) is 47.2. The molecular weight excluding hydrogens is 2390 g/mol. The van der Waals surface area contributed by atoms with Crippen LogP contribution in [-0.4, -0.2) is 142 Å². The van der Waals surface area contributed by atoms with E-state index in [9.17, 15) is 32.8 Å². The lowest BCUT2D eigenvalue weighted by Crippen LogP contribution is -2.40. The Morgan fingerprint density at radius 3 is 1.28 bits per heavy atom. The number of amides is 1. The van der Waals surface area contributed by atoms with Crippen molar-refractivity contribution >= 4 is 373 Å². The van der Waals surface area contributed by atoms with Crippen molar-refractivity contribution in [2.45, 2.75) is 78.3 Å². The molecule has 8 N–H and O–H groups in total. The normalized spacial score (nSPS) is 13.4. The SMILES string of the molecule is CC1CN(C(=O)c2cc(Cc3n[nH]c(=O)c4ccccc34)ccc2F)Cc2nnc(-c3nc(Cl)cs3)n21.CC1CNCc2nnc(-c3nc(Cl)cs3)n21.CC1CNCc2nnc(-c3nc(Cl)cs3)n21.Cc1cncc(NN)n1.O=C(O)c1cc(Cc2n[nH]c(=O)c3ccccc23)ccc1F.O=Cc1nc(Cl)cs1.S=S=S=S=S=S=S=S=S=S=S=S=S=S=S=S=S=S=S=S=S=S=S=S=S=S.[2H][2H].[HH]. The molecule has 14 aromatic rings. The molecule has 3 atom stereocenters. The molecule has 0 spiro atoms. The minimum absolute atomic E-state index is 0. The lowest BCUT2D eigenvalue weighted by molar-refractivity contribution is 0.0673. The molecule has 66 heteroatoms. The molecular formula is C68H64Cl4F2N24O6S30. The van der Waals surface area contributed by atoms with Gasteiger partial charge in [0.2, 0.25) is 0 Å². The van der Waals surface area contributed by atoms with E-state index >= 15 is 0 Å². The number of carbonyl (C=O) groups excluding carboxylic acids is 2. The van der Waals surface area contributed by atoms with E-state index in [1.54, 1.807) is 201 Å². The zero-order valence-corrected chi connectivity index (χ0v) is 95.2. The highest BCUT2D eigenvalue weighted by atomic mass is 35.5. The van der Waals surface area contributed by atoms with Gasteiger partial charge in [-0.3, -0.25) is 24.2 Å². The number of thiazole rings is 4. The number of aldehydes is 1. The number of aromatic carboxylic acids is 1. The number of aromatic nitrogens is 19. The van der Waals surface area contributed by atoms with E-state index in [0.717, 1.165) is 71.3 Å². The molecule has 17 rings (SSSR count). The second-order valence-electron chi connectivity index (χ2n) is 25.7. The maximum Gasteiger partial charge on any atom is 0.338 e. The van der Waals surface area contributed by atoms with Crippen molar-refractivity contribution in [2.24, 2.45) is 5.84 Å². The lowest BCUT2D eigenvalue weighted by Gasteiger charge is -2.32. The van der Waals surface area contributed by atoms with Crippen LogP contribution in [0.4, 0.5) is 14.6 Å². The van der Waals surface area contributed by atoms with Crippen LogP contribution < -0.4 is 33.0 Å². The van der Waals surface area contributed by atoms with E-state index in [4.69, 9.17) is 82.7 Å². The average molecular weight is 2460 g/mol. The molecule has 134 heavy (non-hydrogen) atoms. The number of halogens is 6. The molecule has 0 saturated carbocycles. The fourth-order valence-electron chi connectivity index (χ4n) is 11.9. The number of aryl methyl sites for hydroxylation is 1. The molecule has 0 saturated heterocycles. The fraction of sp³-hybridized carbons (Fsp3) is 0.221. The number of rotatable bonds is 11. The number of nitrogens with two attached hydrogens (primary N) is 1. The molecule has 0 fully saturated rings. The molecule has 1 amide bonds. The average Bonchev–Trinajstić information content (AvgIpc) is 1.64. The van der Waals surface area contributed by atoms with Crippen LogP contribution in [0.15, 0.2) is 128 Å². The van der Waals surface area contributed by atoms with E-state index in [1.165, 1.54) is 81.3 Å². The van der Waals surface area contributed by atoms with Gasteiger partial charge >= 0.3 is 5.97 Å². The Morgan fingerprint density at radius 1 is 0.537 bits per heavy atom. The number of H-pyrrole nitrogens is 2. The monoisotopic (exact) mass is 2450 g/mol. The molecule has 4 aromatic carbocycles. The van der Waals surface area contributed by atoms with Crippen LogP contribution in [-0.2, 0) is 268 Å². The molecule has 3 aliphatic heterocycles. The van der Waals surface area contributed by atoms with Crippen LogP contribution in [0.1, 0.15) is 119 Å². The Balaban J connectivity index is 0.000000187. The molecule has 13 heterocycles. The first-order valence-electron chi connectivity index (χ1n) is 37.7. The topological polar surface area (TPSA) is 398 Å². The van der Waals surface area contributed by atoms with Gasteiger partial charge in [-0.15, -0.1) is 75.9 Å². The summed E-state index contributed by atoms with van der Waals surface area (Å²) in [5.41, 5.74) is 4.80. The fourth-order valence-corrected chi connectivity index (χ4v) is 75.8. The molecule has 714 valence electrons. The summed E-state index contributed by atoms with van der Waals surface area (Å²) < 4.78 is 44.5. The first-order valence-corrected chi connectivity index (χ1v) is 75.0. The molecule has 0 bridgehead atoms. The third kappa shape index (κ3) is 33.7. The number of hydrazine groups is 1. The van der Waals surface area contributed by atoms with Gasteiger partial charge in [-0.1, -0.05) is 94.9 Å². The molecule has 30 nitrogen and oxygen atoms in total. The number of aromatic amines is 2. The summed E-state index contributed by atoms with van der Waals surface area (Å²) in [6.45, 7) is 12.0. The van der Waals surface area contributed by atoms with Gasteiger partial charge in [0.15, 0.2) is 55.4 Å². The van der Waals surface area contributed by atoms with E-state index in [0.29, 0.717) is 123 Å². The highest BCUT2D eigenvalue weighted by Crippen LogP contribution is 2.34. The number of hydrogen-bond acceptors (Lipinski definition) is 29. The van der Waals surface area contributed by atoms with Crippen molar-refractivity contribution in [1.29, 1.82) is 0 Å². The maximum atomic E-state index is 14.9. The van der Waals surface area contributed by atoms with E-state index in [1.807, 2.05) is 112 Å². The summed E-state index contributed by atoms with van der Waals surface area (Å²) in [5.74, 6) is 7.27. The highest BCUT2D eigenvalue weighted by Gasteiger charge is 2.33. The summed E-state index contributed by atoms with van der Waals surface area (Å²) in [7, 11) is 41.8. The van der Waals surface area contributed by atoms with Crippen LogP contribution in [0.3, 0.4) is 0 Å². The van der Waals surface area contributed by atoms with E-state index in [-0.39, 0.29) is 42.7 Å². The second-order valence-corrected chi connectivity index (χ2v) is 73.1. The van der Waals surface area contributed by atoms with Gasteiger partial charge in [0.05, 0.1) is 70.9 Å². The van der Waals surface area contributed by atoms with E-state index in [2.05, 4.69) is 120 Å². The minimum Gasteiger partial charge on any atom is -0.478 e. The number of benzene rings is 4. The number of carboxylic acid groups (broad SMARTS) is 1. The van der Waals surface area contributed by atoms with Crippen molar-refractivity contribution in [3.8, 4) is 32.5 Å². The Bertz CT molecular complexity index is 7840. The van der Waals surface area contributed by atoms with Gasteiger partial charge < -0.3 is 39.8 Å². The summed E-state index contributed by atoms with van der Waals surface area (Å²) >= 11 is 38.2. The van der Waals surface area contributed by atoms with Crippen molar-refractivity contribution in [1.82, 2.24) is 110 Å². The predicted molar refractivity (Wildman–Crippen MR) is 604 cm³/mol. The minimum atomic E-state index is -1.32. The number of hydrogen-bond donors (Lipinski definition) is 7. The smallest absolute Gasteiger partial charge is 0.338 e. The largest absolute Gasteiger partial charge is 0.478 e. The van der Waals surface area contributed by atoms with Crippen LogP contribution in [0.25, 0.3) is 54.0 Å². The quantitative estimate of drug-likeness (QED) is 0.0359. The number of nitrogens with one attached hydrogen (secondary N) is 5. The van der Waals surface area contributed by atoms with Crippen molar-refractivity contribution < 1.29 is 32.7 Å². The standard InChI is InChI=1S/C25H19ClFN7O2S.C16H11FN2O3.2C9H10ClN5S.C5H8N4.C4H2ClNOS.S26.2H2/c1-13-10-33(11-21-30-31-22(34(13)21)24-28-20(26)12-37-24)25(36)17-8-14(6-7-18(17)27)9-19-15-4-2-3-5-16(15)23(35)32-29-19;17-13-6-5-9(7-12(13)16(21)22)8-14-10-3-1-2-4-11(10)15(20)19-18-14;2*1-5-2-11-3-7-13-14-8(15(5)7)9-12-6(10)4-16-9;1-4-2-7-3-5(8-4)9-6;5-3-2-8-4(1-7)6-3;1-3-5-7-9-11-13-15-17-19-21-23-25-26-24-22-20-18-16-14-12-10-8-6-4-2;;/h2-8,12-13H,9-11H2,1H3,(H,32,35);1-7H,8H2,(H,19,20)(H,21,22);2*4-5,11H,2-3H2,1H3;2-3H,6H2,1H3,(H,8,9);1-2H;;2*1H/i;;;;;;;1+1D;. The number of carboxylic acids is 1. The number of nitrogens with zero attached hydrogens (tertiary/aromatic N) is 18. The molecule has 3 aliphatic rings. The Hall–Kier alpha value is -4.79. The number of carbonyl (C=O) groups is 3. The molecule has 3 unspecified atom stereocenters. The van der Waals surface area contributed by atoms with Crippen molar-refractivity contribution in [2.75, 3.05) is 25.1 Å². The first-order chi connectivity index (χ1) is 66.0. The van der Waals surface area contributed by atoms with Crippen molar-refractivity contribution in [3.63, 3.8) is 0 Å². The summed E-state index contributed by atoms with van der Waals surface area (Å²) in [5, 5.41) is 67.9. The van der Waals surface area contributed by atoms with Gasteiger partial charge in [0.25, 0.3) is 17.0 Å². The van der Waals surface area contributed by atoms with E-state index < -0.39 is 23.5 Å². The summed E-state index contributed by atoms with van der Waals surface area (Å²) in [6, 6.07) is 23.1. The first kappa shape index (κ1) is 108. The Morgan fingerprint density at radius 2 is 0.918 bits per heavy atom. The van der Waals surface area contributed by atoms with Crippen LogP contribution in [0.2, 0.25) is 20.6 Å². The van der Waals surface area contributed by atoms with Gasteiger partial charge in [0, 0.05) is 323 Å². The number of nitrogen functional groups attached to an aromatic ring is 1. The lowest BCUT2D eigenvalue weighted by atomic mass is 10.0. The van der Waals surface area contributed by atoms with Gasteiger partial charge in [0.1, 0.15) is 43.9 Å². The summed E-state index contributed by atoms with van der Waals surface area (Å²) in [6.07, 6.45) is 4.52. The maximum absolute atomic E-state index is 14.9. The predicted octanol–water partition coefficient (Wildman–Crippen LogP) is 12.1. The highest BCUT2D eigenvalue weighted by molar-refractivity contribution is 8.79. The van der Waals surface area contributed by atoms with Crippen LogP contribution >= 0.6 is 91.8 Å². The third-order valence-corrected chi connectivity index (χ3v) is 72.8. The van der Waals surface area contributed by atoms with Gasteiger partial charge in [-0.25, -0.2) is 54.5 Å². The van der Waals surface area contributed by atoms with Crippen LogP contribution in [0, 0.1) is 18.6 Å². The Labute approximate surface area is 878 Å². The second kappa shape index (κ2) is 58.6. The van der Waals surface area contributed by atoms with Crippen LogP contribution in [0.5, 0.6) is 0 Å². The molecule has 10 aromatic heterocycles. The van der Waals surface area contributed by atoms with Crippen molar-refractivity contribution in [3.05, 3.63) is 234 Å². The zero-order chi connectivity index (χ0) is 97.3.